The molecule has 116 valence electrons. The minimum absolute atomic E-state index is 0.00384. The standard InChI is InChI=1S/C11H12Cl2N2O5S/c1-21(19,20)3-2-8(11(17)18)15-10(16)6-4-9(13)14-5-7(6)12/h4-5,8H,2-3H2,1H3,(H,15,16)(H,17,18). The van der Waals surface area contributed by atoms with E-state index >= 15 is 0 Å². The van der Waals surface area contributed by atoms with E-state index in [-0.39, 0.29) is 27.9 Å². The van der Waals surface area contributed by atoms with Gasteiger partial charge < -0.3 is 10.4 Å². The van der Waals surface area contributed by atoms with Crippen LogP contribution in [0.1, 0.15) is 16.8 Å². The number of carbonyl (C=O) groups excluding carboxylic acids is 1. The highest BCUT2D eigenvalue weighted by molar-refractivity contribution is 7.90. The Kier molecular flexibility index (Phi) is 5.94. The number of hydrogen-bond donors (Lipinski definition) is 2. The summed E-state index contributed by atoms with van der Waals surface area (Å²) in [6.07, 6.45) is 1.88. The van der Waals surface area contributed by atoms with Crippen LogP contribution in [0.5, 0.6) is 0 Å². The van der Waals surface area contributed by atoms with Gasteiger partial charge in [0.2, 0.25) is 0 Å². The van der Waals surface area contributed by atoms with Crippen molar-refractivity contribution in [3.63, 3.8) is 0 Å². The van der Waals surface area contributed by atoms with Crippen molar-refractivity contribution in [3.8, 4) is 0 Å². The van der Waals surface area contributed by atoms with Gasteiger partial charge >= 0.3 is 5.97 Å². The van der Waals surface area contributed by atoms with E-state index in [1.807, 2.05) is 0 Å². The van der Waals surface area contributed by atoms with Crippen molar-refractivity contribution < 1.29 is 23.1 Å². The van der Waals surface area contributed by atoms with Gasteiger partial charge in [0.15, 0.2) is 0 Å². The Morgan fingerprint density at radius 2 is 2.05 bits per heavy atom. The number of rotatable bonds is 6. The topological polar surface area (TPSA) is 113 Å². The third-order valence-electron chi connectivity index (χ3n) is 2.45. The molecule has 0 saturated heterocycles. The first-order chi connectivity index (χ1) is 9.60. The number of sulfone groups is 1. The summed E-state index contributed by atoms with van der Waals surface area (Å²) in [5, 5.41) is 11.2. The smallest absolute Gasteiger partial charge is 0.326 e. The van der Waals surface area contributed by atoms with E-state index in [0.717, 1.165) is 12.5 Å². The Hall–Kier alpha value is -1.38. The molecule has 0 aliphatic rings. The summed E-state index contributed by atoms with van der Waals surface area (Å²) in [7, 11) is -3.34. The predicted octanol–water partition coefficient (Wildman–Crippen LogP) is 1.01. The van der Waals surface area contributed by atoms with E-state index in [9.17, 15) is 18.0 Å². The molecule has 0 bridgehead atoms. The van der Waals surface area contributed by atoms with Crippen molar-refractivity contribution in [3.05, 3.63) is 28.0 Å². The van der Waals surface area contributed by atoms with Gasteiger partial charge in [0.05, 0.1) is 16.3 Å². The molecule has 1 heterocycles. The highest BCUT2D eigenvalue weighted by atomic mass is 35.5. The number of aliphatic carboxylic acids is 1. The third-order valence-corrected chi connectivity index (χ3v) is 3.93. The van der Waals surface area contributed by atoms with Crippen molar-refractivity contribution >= 4 is 44.9 Å². The first-order valence-electron chi connectivity index (χ1n) is 5.62. The molecular weight excluding hydrogens is 343 g/mol. The lowest BCUT2D eigenvalue weighted by Gasteiger charge is -2.14. The average Bonchev–Trinajstić information content (AvgIpc) is 2.35. The van der Waals surface area contributed by atoms with Gasteiger partial charge in [-0.3, -0.25) is 4.79 Å². The molecule has 1 aromatic rings. The van der Waals surface area contributed by atoms with Crippen LogP contribution in [0, 0.1) is 0 Å². The molecule has 0 aliphatic carbocycles. The molecule has 0 aromatic carbocycles. The van der Waals surface area contributed by atoms with Gasteiger partial charge in [-0.1, -0.05) is 23.2 Å². The number of amides is 1. The van der Waals surface area contributed by atoms with Crippen LogP contribution in [0.15, 0.2) is 12.3 Å². The van der Waals surface area contributed by atoms with Crippen LogP contribution in [0.2, 0.25) is 10.2 Å². The Balaban J connectivity index is 2.86. The number of halogens is 2. The Morgan fingerprint density at radius 3 is 2.57 bits per heavy atom. The Bertz CT molecular complexity index is 663. The lowest BCUT2D eigenvalue weighted by Crippen LogP contribution is -2.42. The second kappa shape index (κ2) is 7.06. The van der Waals surface area contributed by atoms with Crippen LogP contribution < -0.4 is 5.32 Å². The molecule has 2 N–H and O–H groups in total. The lowest BCUT2D eigenvalue weighted by molar-refractivity contribution is -0.139. The Morgan fingerprint density at radius 1 is 1.43 bits per heavy atom. The molecule has 1 rings (SSSR count). The molecule has 7 nitrogen and oxygen atoms in total. The molecule has 0 aliphatic heterocycles. The van der Waals surface area contributed by atoms with Gasteiger partial charge in [-0.2, -0.15) is 0 Å². The summed E-state index contributed by atoms with van der Waals surface area (Å²) in [5.41, 5.74) is -0.0396. The van der Waals surface area contributed by atoms with Crippen molar-refractivity contribution in [2.75, 3.05) is 12.0 Å². The summed E-state index contributed by atoms with van der Waals surface area (Å²) >= 11 is 11.4. The van der Waals surface area contributed by atoms with Crippen LogP contribution in [0.4, 0.5) is 0 Å². The van der Waals surface area contributed by atoms with Gasteiger partial charge in [-0.15, -0.1) is 0 Å². The van der Waals surface area contributed by atoms with Crippen LogP contribution in [-0.4, -0.2) is 48.4 Å². The summed E-state index contributed by atoms with van der Waals surface area (Å²) < 4.78 is 22.1. The maximum absolute atomic E-state index is 12.0. The molecule has 0 saturated carbocycles. The second-order valence-electron chi connectivity index (χ2n) is 4.27. The molecule has 10 heteroatoms. The fourth-order valence-corrected chi connectivity index (χ4v) is 2.42. The van der Waals surface area contributed by atoms with Gasteiger partial charge in [0.25, 0.3) is 5.91 Å². The second-order valence-corrected chi connectivity index (χ2v) is 7.32. The molecule has 1 amide bonds. The number of carboxylic acid groups (broad SMARTS) is 1. The maximum atomic E-state index is 12.0. The van der Waals surface area contributed by atoms with Crippen molar-refractivity contribution in [1.29, 1.82) is 0 Å². The summed E-state index contributed by atoms with van der Waals surface area (Å²) in [6.45, 7) is 0. The van der Waals surface area contributed by atoms with E-state index in [2.05, 4.69) is 10.3 Å². The average molecular weight is 355 g/mol. The quantitative estimate of drug-likeness (QED) is 0.736. The van der Waals surface area contributed by atoms with Crippen LogP contribution in [0.25, 0.3) is 0 Å². The predicted molar refractivity (Wildman–Crippen MR) is 77.5 cm³/mol. The number of carbonyl (C=O) groups is 2. The number of carboxylic acids is 1. The van der Waals surface area contributed by atoms with E-state index in [1.165, 1.54) is 6.07 Å². The van der Waals surface area contributed by atoms with E-state index < -0.39 is 27.8 Å². The molecule has 1 unspecified atom stereocenters. The molecule has 0 fully saturated rings. The molecular formula is C11H12Cl2N2O5S. The molecule has 0 radical (unpaired) electrons. The van der Waals surface area contributed by atoms with Crippen molar-refractivity contribution in [2.24, 2.45) is 0 Å². The molecule has 21 heavy (non-hydrogen) atoms. The highest BCUT2D eigenvalue weighted by Crippen LogP contribution is 2.18. The number of aromatic nitrogens is 1. The van der Waals surface area contributed by atoms with Crippen LogP contribution in [0.3, 0.4) is 0 Å². The zero-order valence-electron chi connectivity index (χ0n) is 10.8. The summed E-state index contributed by atoms with van der Waals surface area (Å²) in [4.78, 5) is 26.7. The molecule has 1 aromatic heterocycles. The highest BCUT2D eigenvalue weighted by Gasteiger charge is 2.23. The van der Waals surface area contributed by atoms with Gasteiger partial charge in [-0.25, -0.2) is 18.2 Å². The van der Waals surface area contributed by atoms with E-state index in [1.54, 1.807) is 0 Å². The van der Waals surface area contributed by atoms with Crippen molar-refractivity contribution in [1.82, 2.24) is 10.3 Å². The molecule has 1 atom stereocenters. The number of nitrogens with one attached hydrogen (secondary N) is 1. The van der Waals surface area contributed by atoms with E-state index in [4.69, 9.17) is 28.3 Å². The number of nitrogens with zero attached hydrogens (tertiary/aromatic N) is 1. The monoisotopic (exact) mass is 354 g/mol. The summed E-state index contributed by atoms with van der Waals surface area (Å²) in [5.74, 6) is -2.48. The number of pyridine rings is 1. The van der Waals surface area contributed by atoms with Crippen LogP contribution >= 0.6 is 23.2 Å². The fraction of sp³-hybridized carbons (Fsp3) is 0.364. The fourth-order valence-electron chi connectivity index (χ4n) is 1.41. The first-order valence-corrected chi connectivity index (χ1v) is 8.44. The minimum atomic E-state index is -3.34. The first kappa shape index (κ1) is 17.7. The SMILES string of the molecule is CS(=O)(=O)CCC(NC(=O)c1cc(Cl)ncc1Cl)C(=O)O. The lowest BCUT2D eigenvalue weighted by atomic mass is 10.2. The minimum Gasteiger partial charge on any atom is -0.480 e. The zero-order valence-corrected chi connectivity index (χ0v) is 13.2. The largest absolute Gasteiger partial charge is 0.480 e. The van der Waals surface area contributed by atoms with Crippen molar-refractivity contribution in [2.45, 2.75) is 12.5 Å². The maximum Gasteiger partial charge on any atom is 0.326 e. The van der Waals surface area contributed by atoms with Crippen LogP contribution in [-0.2, 0) is 14.6 Å². The normalized spacial score (nSPS) is 12.7. The van der Waals surface area contributed by atoms with Gasteiger partial charge in [0, 0.05) is 12.5 Å². The molecule has 0 spiro atoms. The van der Waals surface area contributed by atoms with Gasteiger partial charge in [-0.05, 0) is 12.5 Å². The van der Waals surface area contributed by atoms with Gasteiger partial charge in [0.1, 0.15) is 21.0 Å². The summed E-state index contributed by atoms with van der Waals surface area (Å²) in [6, 6.07) is -0.162. The zero-order chi connectivity index (χ0) is 16.2. The Labute approximate surface area is 131 Å². The number of hydrogen-bond acceptors (Lipinski definition) is 5. The van der Waals surface area contributed by atoms with E-state index in [0.29, 0.717) is 0 Å². The third kappa shape index (κ3) is 5.86.